The van der Waals surface area contributed by atoms with Gasteiger partial charge in [-0.05, 0) is 23.8 Å². The van der Waals surface area contributed by atoms with Crippen molar-refractivity contribution in [1.29, 1.82) is 0 Å². The number of hydrogen-bond donors (Lipinski definition) is 2. The number of carbonyl (C=O) groups is 2. The van der Waals surface area contributed by atoms with E-state index in [2.05, 4.69) is 15.8 Å². The molecule has 0 saturated carbocycles. The number of oxime groups is 1. The lowest BCUT2D eigenvalue weighted by Crippen LogP contribution is -2.29. The van der Waals surface area contributed by atoms with Crippen LogP contribution in [0.1, 0.15) is 5.56 Å². The molecule has 2 amide bonds. The molecule has 2 aromatic carbocycles. The van der Waals surface area contributed by atoms with E-state index in [4.69, 9.17) is 4.84 Å². The summed E-state index contributed by atoms with van der Waals surface area (Å²) in [5.41, 5.74) is 0.135. The van der Waals surface area contributed by atoms with Crippen molar-refractivity contribution >= 4 is 33.7 Å². The lowest BCUT2D eigenvalue weighted by atomic mass is 10.2. The third kappa shape index (κ3) is 6.83. The average molecular weight is 454 g/mol. The number of benzene rings is 2. The topological polar surface area (TPSA) is 117 Å². The van der Waals surface area contributed by atoms with Crippen molar-refractivity contribution in [3.63, 3.8) is 0 Å². The number of carbonyl (C=O) groups excluding carboxylic acids is 2. The monoisotopic (exact) mass is 454 g/mol. The number of halogens is 2. The summed E-state index contributed by atoms with van der Waals surface area (Å²) in [7, 11) is -0.882. The number of nitrogens with zero attached hydrogens (tertiary/aromatic N) is 2. The Balaban J connectivity index is 1.83. The zero-order valence-electron chi connectivity index (χ0n) is 16.6. The zero-order chi connectivity index (χ0) is 23.0. The molecule has 0 heterocycles. The van der Waals surface area contributed by atoms with Gasteiger partial charge in [-0.1, -0.05) is 23.4 Å². The summed E-state index contributed by atoms with van der Waals surface area (Å²) in [6.45, 7) is -0.614. The number of amides is 2. The first-order chi connectivity index (χ1) is 14.6. The van der Waals surface area contributed by atoms with E-state index in [1.165, 1.54) is 20.2 Å². The molecule has 0 aliphatic rings. The van der Waals surface area contributed by atoms with Gasteiger partial charge in [0.1, 0.15) is 17.8 Å². The van der Waals surface area contributed by atoms with Gasteiger partial charge in [0, 0.05) is 26.7 Å². The number of nitrogens with one attached hydrogen (secondary N) is 2. The maximum atomic E-state index is 13.5. The number of sulfonamides is 1. The molecule has 0 spiro atoms. The molecule has 0 saturated heterocycles. The molecular formula is C19H20F2N4O5S. The van der Waals surface area contributed by atoms with Crippen LogP contribution in [-0.2, 0) is 31.0 Å². The lowest BCUT2D eigenvalue weighted by Gasteiger charge is -2.15. The molecule has 0 aliphatic heterocycles. The highest BCUT2D eigenvalue weighted by molar-refractivity contribution is 7.89. The number of rotatable bonds is 9. The van der Waals surface area contributed by atoms with Gasteiger partial charge in [0.15, 0.2) is 6.61 Å². The van der Waals surface area contributed by atoms with E-state index in [0.717, 1.165) is 16.4 Å². The van der Waals surface area contributed by atoms with Gasteiger partial charge in [-0.3, -0.25) is 9.59 Å². The summed E-state index contributed by atoms with van der Waals surface area (Å²) in [6, 6.07) is 8.82. The molecule has 166 valence electrons. The highest BCUT2D eigenvalue weighted by Gasteiger charge is 2.20. The first kappa shape index (κ1) is 23.9. The minimum Gasteiger partial charge on any atom is -0.386 e. The van der Waals surface area contributed by atoms with Gasteiger partial charge in [0.25, 0.3) is 11.8 Å². The van der Waals surface area contributed by atoms with E-state index < -0.39 is 40.1 Å². The first-order valence-corrected chi connectivity index (χ1v) is 10.2. The maximum absolute atomic E-state index is 13.5. The van der Waals surface area contributed by atoms with Crippen molar-refractivity contribution in [2.24, 2.45) is 5.16 Å². The van der Waals surface area contributed by atoms with Crippen LogP contribution in [0.5, 0.6) is 0 Å². The Kier molecular flexibility index (Phi) is 8.16. The van der Waals surface area contributed by atoms with Crippen LogP contribution in [0.15, 0.2) is 52.5 Å². The fourth-order valence-corrected chi connectivity index (χ4v) is 3.40. The molecule has 0 atom stereocenters. The molecule has 0 aliphatic carbocycles. The van der Waals surface area contributed by atoms with E-state index in [0.29, 0.717) is 17.8 Å². The molecule has 9 nitrogen and oxygen atoms in total. The van der Waals surface area contributed by atoms with Crippen molar-refractivity contribution < 1.29 is 31.6 Å². The van der Waals surface area contributed by atoms with Crippen LogP contribution >= 0.6 is 0 Å². The van der Waals surface area contributed by atoms with Crippen molar-refractivity contribution in [1.82, 2.24) is 9.62 Å². The van der Waals surface area contributed by atoms with E-state index >= 15 is 0 Å². The fourth-order valence-electron chi connectivity index (χ4n) is 2.28. The second kappa shape index (κ2) is 10.6. The van der Waals surface area contributed by atoms with Crippen LogP contribution in [0.3, 0.4) is 0 Å². The SMILES string of the molecule is CN(C)S(=O)(=O)c1ccccc1CNC(=O)CON=CC(=O)Nc1ccc(F)cc1F. The van der Waals surface area contributed by atoms with Gasteiger partial charge in [-0.25, -0.2) is 21.5 Å². The Hall–Kier alpha value is -3.38. The maximum Gasteiger partial charge on any atom is 0.270 e. The van der Waals surface area contributed by atoms with Crippen LogP contribution in [-0.4, -0.2) is 51.5 Å². The molecule has 0 fully saturated rings. The van der Waals surface area contributed by atoms with Gasteiger partial charge in [-0.2, -0.15) is 0 Å². The van der Waals surface area contributed by atoms with Gasteiger partial charge in [0.05, 0.1) is 10.6 Å². The number of anilines is 1. The summed E-state index contributed by atoms with van der Waals surface area (Å²) in [4.78, 5) is 28.3. The van der Waals surface area contributed by atoms with E-state index in [-0.39, 0.29) is 17.1 Å². The average Bonchev–Trinajstić information content (AvgIpc) is 2.72. The molecule has 0 aromatic heterocycles. The second-order valence-corrected chi connectivity index (χ2v) is 8.41. The molecule has 2 N–H and O–H groups in total. The van der Waals surface area contributed by atoms with Crippen LogP contribution in [0.25, 0.3) is 0 Å². The molecule has 2 rings (SSSR count). The second-order valence-electron chi connectivity index (χ2n) is 6.29. The Morgan fingerprint density at radius 3 is 2.55 bits per heavy atom. The highest BCUT2D eigenvalue weighted by atomic mass is 32.2. The molecule has 0 unspecified atom stereocenters. The van der Waals surface area contributed by atoms with Crippen LogP contribution in [0, 0.1) is 11.6 Å². The lowest BCUT2D eigenvalue weighted by molar-refractivity contribution is -0.126. The summed E-state index contributed by atoms with van der Waals surface area (Å²) < 4.78 is 52.0. The van der Waals surface area contributed by atoms with Crippen molar-refractivity contribution in [2.75, 3.05) is 26.0 Å². The Bertz CT molecular complexity index is 1090. The van der Waals surface area contributed by atoms with E-state index in [1.54, 1.807) is 18.2 Å². The minimum atomic E-state index is -3.68. The zero-order valence-corrected chi connectivity index (χ0v) is 17.4. The van der Waals surface area contributed by atoms with Crippen LogP contribution < -0.4 is 10.6 Å². The van der Waals surface area contributed by atoms with Crippen molar-refractivity contribution in [3.8, 4) is 0 Å². The smallest absolute Gasteiger partial charge is 0.270 e. The predicted octanol–water partition coefficient (Wildman–Crippen LogP) is 1.47. The Morgan fingerprint density at radius 1 is 1.16 bits per heavy atom. The molecule has 31 heavy (non-hydrogen) atoms. The Morgan fingerprint density at radius 2 is 1.87 bits per heavy atom. The third-order valence-corrected chi connectivity index (χ3v) is 5.75. The van der Waals surface area contributed by atoms with Crippen LogP contribution in [0.2, 0.25) is 0 Å². The summed E-state index contributed by atoms with van der Waals surface area (Å²) in [6.07, 6.45) is 0.676. The minimum absolute atomic E-state index is 0.0592. The molecule has 0 radical (unpaired) electrons. The van der Waals surface area contributed by atoms with Crippen molar-refractivity contribution in [2.45, 2.75) is 11.4 Å². The molecule has 2 aromatic rings. The highest BCUT2D eigenvalue weighted by Crippen LogP contribution is 2.18. The van der Waals surface area contributed by atoms with Gasteiger partial charge < -0.3 is 15.5 Å². The fraction of sp³-hybridized carbons (Fsp3) is 0.211. The Labute approximate surface area is 177 Å². The van der Waals surface area contributed by atoms with E-state index in [9.17, 15) is 26.8 Å². The van der Waals surface area contributed by atoms with Gasteiger partial charge >= 0.3 is 0 Å². The van der Waals surface area contributed by atoms with Crippen molar-refractivity contribution in [3.05, 3.63) is 59.7 Å². The standard InChI is InChI=1S/C19H20F2N4O5S/c1-25(2)31(28,29)17-6-4-3-5-13(17)10-22-19(27)12-30-23-11-18(26)24-16-8-7-14(20)9-15(16)21/h3-9,11H,10,12H2,1-2H3,(H,22,27)(H,24,26). The first-order valence-electron chi connectivity index (χ1n) is 8.79. The summed E-state index contributed by atoms with van der Waals surface area (Å²) in [5.74, 6) is -3.22. The normalized spacial score (nSPS) is 11.5. The van der Waals surface area contributed by atoms with Gasteiger partial charge in [-0.15, -0.1) is 0 Å². The molecule has 0 bridgehead atoms. The van der Waals surface area contributed by atoms with Gasteiger partial charge in [0.2, 0.25) is 10.0 Å². The quantitative estimate of drug-likeness (QED) is 0.440. The molecule has 12 heteroatoms. The predicted molar refractivity (Wildman–Crippen MR) is 109 cm³/mol. The number of hydrogen-bond acceptors (Lipinski definition) is 6. The largest absolute Gasteiger partial charge is 0.386 e. The summed E-state index contributed by atoms with van der Waals surface area (Å²) in [5, 5.41) is 7.91. The summed E-state index contributed by atoms with van der Waals surface area (Å²) >= 11 is 0. The van der Waals surface area contributed by atoms with Crippen LogP contribution in [0.4, 0.5) is 14.5 Å². The van der Waals surface area contributed by atoms with E-state index in [1.807, 2.05) is 0 Å². The third-order valence-electron chi connectivity index (χ3n) is 3.84. The molecular weight excluding hydrogens is 434 g/mol.